The molecule has 0 radical (unpaired) electrons. The Morgan fingerprint density at radius 3 is 2.68 bits per heavy atom. The van der Waals surface area contributed by atoms with Gasteiger partial charge in [-0.1, -0.05) is 28.9 Å². The van der Waals surface area contributed by atoms with Crippen molar-refractivity contribution < 1.29 is 23.1 Å². The van der Waals surface area contributed by atoms with Crippen LogP contribution in [0, 0.1) is 0 Å². The summed E-state index contributed by atoms with van der Waals surface area (Å²) in [7, 11) is 0. The molecule has 0 fully saturated rings. The number of hydrogen-bond donors (Lipinski definition) is 1. The summed E-state index contributed by atoms with van der Waals surface area (Å²) in [6, 6.07) is 13.0. The summed E-state index contributed by atoms with van der Waals surface area (Å²) < 4.78 is 28.3. The van der Waals surface area contributed by atoms with Gasteiger partial charge in [-0.15, -0.1) is 0 Å². The molecule has 0 unspecified atom stereocenters. The molecule has 0 aliphatic carbocycles. The fourth-order valence-corrected chi connectivity index (χ4v) is 2.04. The number of oxime groups is 1. The van der Waals surface area contributed by atoms with Crippen LogP contribution in [0.25, 0.3) is 0 Å². The number of nitrogens with zero attached hydrogens (tertiary/aromatic N) is 1. The highest BCUT2D eigenvalue weighted by molar-refractivity contribution is 6.30. The first-order valence-corrected chi connectivity index (χ1v) is 7.62. The third kappa shape index (κ3) is 7.17. The number of nitrogens with one attached hydrogen (secondary N) is 1. The Labute approximate surface area is 148 Å². The summed E-state index contributed by atoms with van der Waals surface area (Å²) in [6.45, 7) is -2.78. The minimum Gasteiger partial charge on any atom is -0.435 e. The van der Waals surface area contributed by atoms with Crippen LogP contribution in [0.2, 0.25) is 5.02 Å². The summed E-state index contributed by atoms with van der Waals surface area (Å²) in [6.07, 6.45) is 1.36. The number of ether oxygens (including phenoxy) is 1. The molecule has 0 bridgehead atoms. The number of amides is 1. The predicted octanol–water partition coefficient (Wildman–Crippen LogP) is 3.61. The molecule has 0 aliphatic heterocycles. The highest BCUT2D eigenvalue weighted by atomic mass is 35.5. The number of carbonyl (C=O) groups excluding carboxylic acids is 1. The highest BCUT2D eigenvalue weighted by Gasteiger charge is 2.03. The number of halogens is 3. The maximum Gasteiger partial charge on any atom is 0.387 e. The lowest BCUT2D eigenvalue weighted by Crippen LogP contribution is -2.26. The third-order valence-corrected chi connectivity index (χ3v) is 3.19. The molecular formula is C17H15ClF2N2O3. The predicted molar refractivity (Wildman–Crippen MR) is 89.9 cm³/mol. The smallest absolute Gasteiger partial charge is 0.387 e. The lowest BCUT2D eigenvalue weighted by atomic mass is 10.2. The zero-order chi connectivity index (χ0) is 18.1. The van der Waals surface area contributed by atoms with E-state index in [1.54, 1.807) is 18.2 Å². The van der Waals surface area contributed by atoms with E-state index in [4.69, 9.17) is 16.4 Å². The summed E-state index contributed by atoms with van der Waals surface area (Å²) in [5.41, 5.74) is 1.48. The van der Waals surface area contributed by atoms with Gasteiger partial charge in [0, 0.05) is 11.6 Å². The third-order valence-electron chi connectivity index (χ3n) is 2.96. The summed E-state index contributed by atoms with van der Waals surface area (Å²) in [5.74, 6) is -0.286. The van der Waals surface area contributed by atoms with Crippen molar-refractivity contribution >= 4 is 23.7 Å². The molecule has 0 heterocycles. The number of hydrogen-bond acceptors (Lipinski definition) is 4. The number of alkyl halides is 2. The topological polar surface area (TPSA) is 59.9 Å². The molecule has 1 amide bonds. The van der Waals surface area contributed by atoms with Crippen molar-refractivity contribution in [3.63, 3.8) is 0 Å². The van der Waals surface area contributed by atoms with Gasteiger partial charge < -0.3 is 14.9 Å². The SMILES string of the molecule is O=C(CO/N=C/c1ccc(OC(F)F)cc1)NCc1cccc(Cl)c1. The van der Waals surface area contributed by atoms with Gasteiger partial charge in [-0.2, -0.15) is 8.78 Å². The number of benzene rings is 2. The first kappa shape index (κ1) is 18.7. The highest BCUT2D eigenvalue weighted by Crippen LogP contribution is 2.14. The maximum absolute atomic E-state index is 12.0. The Hall–Kier alpha value is -2.67. The minimum atomic E-state index is -2.87. The maximum atomic E-state index is 12.0. The van der Waals surface area contributed by atoms with Crippen molar-refractivity contribution in [1.29, 1.82) is 0 Å². The number of carbonyl (C=O) groups is 1. The van der Waals surface area contributed by atoms with Gasteiger partial charge in [0.2, 0.25) is 0 Å². The van der Waals surface area contributed by atoms with Crippen molar-refractivity contribution in [3.8, 4) is 5.75 Å². The average Bonchev–Trinajstić information content (AvgIpc) is 2.58. The van der Waals surface area contributed by atoms with Crippen LogP contribution >= 0.6 is 11.6 Å². The van der Waals surface area contributed by atoms with Gasteiger partial charge in [0.25, 0.3) is 5.91 Å². The van der Waals surface area contributed by atoms with E-state index < -0.39 is 6.61 Å². The zero-order valence-corrected chi connectivity index (χ0v) is 13.7. The second kappa shape index (κ2) is 9.58. The van der Waals surface area contributed by atoms with E-state index in [1.807, 2.05) is 6.07 Å². The molecule has 0 atom stereocenters. The lowest BCUT2D eigenvalue weighted by Gasteiger charge is -2.05. The molecule has 25 heavy (non-hydrogen) atoms. The van der Waals surface area contributed by atoms with Gasteiger partial charge in [0.15, 0.2) is 6.61 Å². The van der Waals surface area contributed by atoms with Crippen LogP contribution in [-0.4, -0.2) is 25.3 Å². The Morgan fingerprint density at radius 2 is 2.00 bits per heavy atom. The minimum absolute atomic E-state index is 0.0495. The van der Waals surface area contributed by atoms with Gasteiger partial charge in [-0.05, 0) is 47.5 Å². The van der Waals surface area contributed by atoms with Gasteiger partial charge >= 0.3 is 6.61 Å². The van der Waals surface area contributed by atoms with E-state index in [0.29, 0.717) is 17.1 Å². The molecular weight excluding hydrogens is 354 g/mol. The molecule has 5 nitrogen and oxygen atoms in total. The molecule has 2 aromatic rings. The van der Waals surface area contributed by atoms with E-state index >= 15 is 0 Å². The van der Waals surface area contributed by atoms with Gasteiger partial charge in [-0.3, -0.25) is 4.79 Å². The van der Waals surface area contributed by atoms with Crippen molar-refractivity contribution in [2.45, 2.75) is 13.2 Å². The first-order chi connectivity index (χ1) is 12.0. The lowest BCUT2D eigenvalue weighted by molar-refractivity contribution is -0.125. The van der Waals surface area contributed by atoms with Crippen LogP contribution in [0.4, 0.5) is 8.78 Å². The molecule has 1 N–H and O–H groups in total. The molecule has 132 valence electrons. The van der Waals surface area contributed by atoms with Crippen molar-refractivity contribution in [3.05, 3.63) is 64.7 Å². The Kier molecular flexibility index (Phi) is 7.16. The average molecular weight is 369 g/mol. The molecule has 0 aromatic heterocycles. The molecule has 2 rings (SSSR count). The summed E-state index contributed by atoms with van der Waals surface area (Å²) >= 11 is 5.85. The normalized spacial score (nSPS) is 10.9. The summed E-state index contributed by atoms with van der Waals surface area (Å²) in [4.78, 5) is 16.5. The monoisotopic (exact) mass is 368 g/mol. The van der Waals surface area contributed by atoms with Crippen LogP contribution in [0.3, 0.4) is 0 Å². The van der Waals surface area contributed by atoms with E-state index in [9.17, 15) is 13.6 Å². The Morgan fingerprint density at radius 1 is 1.24 bits per heavy atom. The fraction of sp³-hybridized carbons (Fsp3) is 0.176. The van der Waals surface area contributed by atoms with Crippen molar-refractivity contribution in [1.82, 2.24) is 5.32 Å². The van der Waals surface area contributed by atoms with Gasteiger partial charge in [-0.25, -0.2) is 0 Å². The second-order valence-electron chi connectivity index (χ2n) is 4.86. The second-order valence-corrected chi connectivity index (χ2v) is 5.30. The fourth-order valence-electron chi connectivity index (χ4n) is 1.83. The van der Waals surface area contributed by atoms with Crippen LogP contribution in [-0.2, 0) is 16.2 Å². The zero-order valence-electron chi connectivity index (χ0n) is 13.0. The van der Waals surface area contributed by atoms with Crippen LogP contribution < -0.4 is 10.1 Å². The van der Waals surface area contributed by atoms with Gasteiger partial charge in [0.1, 0.15) is 5.75 Å². The van der Waals surface area contributed by atoms with E-state index in [2.05, 4.69) is 15.2 Å². The Balaban J connectivity index is 1.70. The van der Waals surface area contributed by atoms with E-state index in [-0.39, 0.29) is 18.3 Å². The molecule has 0 aliphatic rings. The van der Waals surface area contributed by atoms with Gasteiger partial charge in [0.05, 0.1) is 6.21 Å². The standard InChI is InChI=1S/C17H15ClF2N2O3/c18-14-3-1-2-13(8-14)9-21-16(23)11-24-22-10-12-4-6-15(7-5-12)25-17(19)20/h1-8,10,17H,9,11H2,(H,21,23)/b22-10+. The molecule has 0 saturated carbocycles. The summed E-state index contributed by atoms with van der Waals surface area (Å²) in [5, 5.41) is 6.91. The number of rotatable bonds is 8. The van der Waals surface area contributed by atoms with Crippen LogP contribution in [0.1, 0.15) is 11.1 Å². The first-order valence-electron chi connectivity index (χ1n) is 7.24. The van der Waals surface area contributed by atoms with Crippen molar-refractivity contribution in [2.24, 2.45) is 5.16 Å². The largest absolute Gasteiger partial charge is 0.435 e. The van der Waals surface area contributed by atoms with Crippen molar-refractivity contribution in [2.75, 3.05) is 6.61 Å². The van der Waals surface area contributed by atoms with Crippen LogP contribution in [0.15, 0.2) is 53.7 Å². The van der Waals surface area contributed by atoms with Crippen LogP contribution in [0.5, 0.6) is 5.75 Å². The molecule has 8 heteroatoms. The Bertz CT molecular complexity index is 724. The van der Waals surface area contributed by atoms with E-state index in [1.165, 1.54) is 30.5 Å². The molecule has 0 saturated heterocycles. The molecule has 2 aromatic carbocycles. The van der Waals surface area contributed by atoms with E-state index in [0.717, 1.165) is 5.56 Å². The quantitative estimate of drug-likeness (QED) is 0.572. The molecule has 0 spiro atoms.